The van der Waals surface area contributed by atoms with E-state index in [4.69, 9.17) is 56.8 Å². The summed E-state index contributed by atoms with van der Waals surface area (Å²) in [5, 5.41) is 13.2. The third-order valence-corrected chi connectivity index (χ3v) is 22.4. The van der Waals surface area contributed by atoms with Gasteiger partial charge in [-0.15, -0.1) is 0 Å². The van der Waals surface area contributed by atoms with Crippen molar-refractivity contribution in [3.8, 4) is 0 Å². The molecule has 0 spiro atoms. The zero-order valence-corrected chi connectivity index (χ0v) is 69.3. The highest BCUT2D eigenvalue weighted by atomic mass is 16.8. The topological polar surface area (TPSA) is 131 Å². The van der Waals surface area contributed by atoms with Gasteiger partial charge < -0.3 is 61.9 Å². The summed E-state index contributed by atoms with van der Waals surface area (Å²) in [7, 11) is 0. The second kappa shape index (κ2) is 53.0. The molecule has 2 saturated heterocycles. The van der Waals surface area contributed by atoms with Crippen LogP contribution in [0, 0.1) is 47.3 Å². The van der Waals surface area contributed by atoms with Crippen LogP contribution in [0.4, 0.5) is 0 Å². The smallest absolute Gasteiger partial charge is 0.187 e. The Hall–Kier alpha value is -5.20. The van der Waals surface area contributed by atoms with Crippen molar-refractivity contribution in [2.75, 3.05) is 39.6 Å². The summed E-state index contributed by atoms with van der Waals surface area (Å²) in [4.78, 5) is 0. The predicted molar refractivity (Wildman–Crippen MR) is 444 cm³/mol. The Morgan fingerprint density at radius 2 is 0.591 bits per heavy atom. The molecular formula is C97H144O13. The SMILES string of the molecule is CC(C)CCC[C@@H](C)CCC[C@@H](C)CCC[C@@H](C)CCOC[C@H](CO[C@H]1O[C@H](COCc2ccccc2)[C@@H](OCc2ccccc2)[C@H](OCc2ccccc2)[C@@H]1O[C@H]1O[C@H](COCc2ccccc2)[C@@H](OCc2ccccc2)[C@H](OCc2ccccc2)[C@@H]1O)OCC[C@H](C)CCC[C@H](C)CCC[C@H](C)CCCC(C)C. The molecule has 110 heavy (non-hydrogen) atoms. The van der Waals surface area contributed by atoms with Gasteiger partial charge in [-0.3, -0.25) is 0 Å². The lowest BCUT2D eigenvalue weighted by Crippen LogP contribution is -2.66. The Morgan fingerprint density at radius 1 is 0.291 bits per heavy atom. The number of hydrogen-bond acceptors (Lipinski definition) is 13. The highest BCUT2D eigenvalue weighted by Gasteiger charge is 2.54. The minimum absolute atomic E-state index is 0.0796. The Labute approximate surface area is 665 Å². The van der Waals surface area contributed by atoms with Crippen LogP contribution in [0.3, 0.4) is 0 Å². The molecule has 2 fully saturated rings. The Morgan fingerprint density at radius 3 is 0.955 bits per heavy atom. The first-order valence-electron chi connectivity index (χ1n) is 42.9. The Kier molecular flexibility index (Phi) is 43.6. The average molecular weight is 1520 g/mol. The first-order valence-corrected chi connectivity index (χ1v) is 42.9. The Balaban J connectivity index is 1.06. The highest BCUT2D eigenvalue weighted by Crippen LogP contribution is 2.37. The van der Waals surface area contributed by atoms with Gasteiger partial charge in [-0.2, -0.15) is 0 Å². The van der Waals surface area contributed by atoms with Crippen LogP contribution in [-0.4, -0.2) is 112 Å². The molecule has 0 radical (unpaired) electrons. The summed E-state index contributed by atoms with van der Waals surface area (Å²) >= 11 is 0. The van der Waals surface area contributed by atoms with Crippen molar-refractivity contribution in [1.29, 1.82) is 0 Å². The van der Waals surface area contributed by atoms with Crippen molar-refractivity contribution in [2.45, 2.75) is 305 Å². The molecule has 6 aromatic carbocycles. The van der Waals surface area contributed by atoms with Gasteiger partial charge in [0.2, 0.25) is 0 Å². The second-order valence-electron chi connectivity index (χ2n) is 33.7. The molecule has 2 heterocycles. The maximum Gasteiger partial charge on any atom is 0.187 e. The maximum atomic E-state index is 13.2. The molecule has 2 aliphatic rings. The number of benzene rings is 6. The quantitative estimate of drug-likeness (QED) is 0.0364. The van der Waals surface area contributed by atoms with E-state index in [1.54, 1.807) is 0 Å². The van der Waals surface area contributed by atoms with Gasteiger partial charge in [0.25, 0.3) is 0 Å². The van der Waals surface area contributed by atoms with E-state index in [1.807, 2.05) is 170 Å². The van der Waals surface area contributed by atoms with Crippen LogP contribution in [0.2, 0.25) is 0 Å². The van der Waals surface area contributed by atoms with Crippen molar-refractivity contribution in [3.63, 3.8) is 0 Å². The fourth-order valence-electron chi connectivity index (χ4n) is 15.3. The third-order valence-electron chi connectivity index (χ3n) is 22.4. The molecule has 17 atom stereocenters. The molecule has 6 aromatic rings. The maximum absolute atomic E-state index is 13.2. The molecular weight excluding hydrogens is 1370 g/mol. The van der Waals surface area contributed by atoms with Crippen LogP contribution in [0.25, 0.3) is 0 Å². The molecule has 0 amide bonds. The summed E-state index contributed by atoms with van der Waals surface area (Å²) in [5.41, 5.74) is 5.82. The van der Waals surface area contributed by atoms with Crippen LogP contribution >= 0.6 is 0 Å². The zero-order valence-electron chi connectivity index (χ0n) is 69.3. The molecule has 0 aromatic heterocycles. The molecule has 0 unspecified atom stereocenters. The van der Waals surface area contributed by atoms with Crippen LogP contribution in [0.15, 0.2) is 182 Å². The van der Waals surface area contributed by atoms with Crippen molar-refractivity contribution >= 4 is 0 Å². The van der Waals surface area contributed by atoms with Gasteiger partial charge in [0.05, 0.1) is 66.1 Å². The molecule has 0 aliphatic carbocycles. The van der Waals surface area contributed by atoms with Gasteiger partial charge in [-0.1, -0.05) is 367 Å². The van der Waals surface area contributed by atoms with Gasteiger partial charge in [0, 0.05) is 13.2 Å². The Bertz CT molecular complexity index is 3190. The van der Waals surface area contributed by atoms with Gasteiger partial charge in [0.1, 0.15) is 54.9 Å². The zero-order chi connectivity index (χ0) is 77.8. The molecule has 13 nitrogen and oxygen atoms in total. The van der Waals surface area contributed by atoms with Crippen LogP contribution in [0.5, 0.6) is 0 Å². The lowest BCUT2D eigenvalue weighted by atomic mass is 9.91. The average Bonchev–Trinajstić information content (AvgIpc) is 0.777. The van der Waals surface area contributed by atoms with E-state index >= 15 is 0 Å². The van der Waals surface area contributed by atoms with E-state index in [1.165, 1.54) is 109 Å². The van der Waals surface area contributed by atoms with Crippen LogP contribution in [-0.2, 0) is 96.5 Å². The van der Waals surface area contributed by atoms with Crippen LogP contribution in [0.1, 0.15) is 231 Å². The summed E-state index contributed by atoms with van der Waals surface area (Å²) < 4.78 is 84.6. The highest BCUT2D eigenvalue weighted by molar-refractivity contribution is 5.18. The summed E-state index contributed by atoms with van der Waals surface area (Å²) in [6.07, 6.45) is 14.6. The summed E-state index contributed by atoms with van der Waals surface area (Å²) in [6, 6.07) is 60.4. The largest absolute Gasteiger partial charge is 0.385 e. The van der Waals surface area contributed by atoms with Gasteiger partial charge in [0.15, 0.2) is 12.6 Å². The summed E-state index contributed by atoms with van der Waals surface area (Å²) in [5.74, 6) is 5.65. The fraction of sp³-hybridized carbons (Fsp3) is 0.629. The van der Waals surface area contributed by atoms with Crippen molar-refractivity contribution < 1.29 is 61.9 Å². The lowest BCUT2D eigenvalue weighted by molar-refractivity contribution is -0.381. The van der Waals surface area contributed by atoms with Gasteiger partial charge in [-0.05, 0) is 93.6 Å². The summed E-state index contributed by atoms with van der Waals surface area (Å²) in [6.45, 7) is 27.1. The number of aliphatic hydroxyl groups excluding tert-OH is 1. The third kappa shape index (κ3) is 35.7. The first-order chi connectivity index (χ1) is 53.6. The standard InChI is InChI=1S/C97H144O13/c1-73(2)35-29-37-75(5)39-31-41-77(7)43-33-45-79(9)59-61-99-69-87(102-62-60-80(10)46-34-44-78(8)42-32-40-76(6)38-30-36-74(3)4)70-107-97-95(94(106-68-86-57-27-16-28-58-86)92(104-66-84-53-23-14-24-54-84)89(109-97)72-101-64-82-49-19-12-20-50-82)110-96-90(98)93(105-67-85-55-25-15-26-56-85)91(103-65-83-51-21-13-22-52-83)88(108-96)71-100-63-81-47-17-11-18-48-81/h11-28,47-58,73-80,87-98H,29-46,59-72H2,1-10H3/t75-,76-,77-,78-,79-,80-,87-,88-,89-,90+,91-,92-,93-,94+,95+,96-,97+/m1/s1. The molecule has 0 bridgehead atoms. The van der Waals surface area contributed by atoms with E-state index in [2.05, 4.69) is 81.4 Å². The number of rotatable bonds is 58. The number of ether oxygens (including phenoxy) is 12. The molecule has 0 saturated carbocycles. The first kappa shape index (κ1) is 90.3. The minimum Gasteiger partial charge on any atom is -0.385 e. The van der Waals surface area contributed by atoms with Crippen molar-refractivity contribution in [3.05, 3.63) is 215 Å². The lowest BCUT2D eigenvalue weighted by Gasteiger charge is -2.49. The molecule has 610 valence electrons. The number of aliphatic hydroxyl groups is 1. The van der Waals surface area contributed by atoms with Crippen LogP contribution < -0.4 is 0 Å². The molecule has 8 rings (SSSR count). The van der Waals surface area contributed by atoms with Gasteiger partial charge in [-0.25, -0.2) is 0 Å². The van der Waals surface area contributed by atoms with E-state index in [0.29, 0.717) is 44.9 Å². The second-order valence-corrected chi connectivity index (χ2v) is 33.7. The fourth-order valence-corrected chi connectivity index (χ4v) is 15.3. The monoisotopic (exact) mass is 1520 g/mol. The van der Waals surface area contributed by atoms with E-state index in [9.17, 15) is 5.11 Å². The number of hydrogen-bond donors (Lipinski definition) is 1. The van der Waals surface area contributed by atoms with E-state index in [0.717, 1.165) is 88.2 Å². The van der Waals surface area contributed by atoms with E-state index < -0.39 is 67.5 Å². The van der Waals surface area contributed by atoms with Crippen molar-refractivity contribution in [2.24, 2.45) is 47.3 Å². The molecule has 2 aliphatic heterocycles. The van der Waals surface area contributed by atoms with E-state index in [-0.39, 0.29) is 46.2 Å². The van der Waals surface area contributed by atoms with Gasteiger partial charge >= 0.3 is 0 Å². The van der Waals surface area contributed by atoms with Crippen molar-refractivity contribution in [1.82, 2.24) is 0 Å². The molecule has 1 N–H and O–H groups in total. The minimum atomic E-state index is -1.42. The predicted octanol–water partition coefficient (Wildman–Crippen LogP) is 22.3. The normalized spacial score (nSPS) is 22.2. The molecule has 13 heteroatoms.